The van der Waals surface area contributed by atoms with Crippen molar-refractivity contribution in [2.45, 2.75) is 13.8 Å². The van der Waals surface area contributed by atoms with E-state index in [0.717, 1.165) is 0 Å². The van der Waals surface area contributed by atoms with Crippen molar-refractivity contribution >= 4 is 23.3 Å². The van der Waals surface area contributed by atoms with Crippen molar-refractivity contribution in [2.24, 2.45) is 5.41 Å². The zero-order valence-electron chi connectivity index (χ0n) is 12.2. The van der Waals surface area contributed by atoms with Crippen LogP contribution in [0.3, 0.4) is 0 Å². The van der Waals surface area contributed by atoms with Gasteiger partial charge in [0.15, 0.2) is 11.5 Å². The maximum Gasteiger partial charge on any atom is 0.356 e. The zero-order valence-corrected chi connectivity index (χ0v) is 12.2. The number of aromatic carboxylic acids is 1. The second-order valence-electron chi connectivity index (χ2n) is 5.36. The van der Waals surface area contributed by atoms with Gasteiger partial charge < -0.3 is 15.7 Å². The molecule has 2 aromatic rings. The number of imidazole rings is 1. The summed E-state index contributed by atoms with van der Waals surface area (Å²) in [6.07, 6.45) is 1.64. The summed E-state index contributed by atoms with van der Waals surface area (Å²) in [5, 5.41) is 14.9. The summed E-state index contributed by atoms with van der Waals surface area (Å²) >= 11 is 0. The van der Waals surface area contributed by atoms with E-state index in [2.05, 4.69) is 15.6 Å². The molecule has 2 rings (SSSR count). The molecule has 0 aliphatic heterocycles. The number of hydrogen-bond donors (Lipinski definition) is 3. The second kappa shape index (κ2) is 5.43. The fourth-order valence-electron chi connectivity index (χ4n) is 2.05. The number of nitrogens with one attached hydrogen (secondary N) is 2. The first kappa shape index (κ1) is 14.8. The average molecular weight is 290 g/mol. The minimum atomic E-state index is -1.08. The van der Waals surface area contributed by atoms with Crippen LogP contribution < -0.4 is 10.6 Å². The number of rotatable bonds is 5. The molecule has 0 unspecified atom stereocenters. The van der Waals surface area contributed by atoms with E-state index in [1.54, 1.807) is 45.3 Å². The van der Waals surface area contributed by atoms with Crippen molar-refractivity contribution in [1.29, 1.82) is 0 Å². The largest absolute Gasteiger partial charge is 0.476 e. The fourth-order valence-corrected chi connectivity index (χ4v) is 2.05. The monoisotopic (exact) mass is 290 g/mol. The number of amides is 1. The van der Waals surface area contributed by atoms with E-state index >= 15 is 0 Å². The summed E-state index contributed by atoms with van der Waals surface area (Å²) in [5.41, 5.74) is -0.0891. The Bertz CT molecular complexity index is 691. The molecule has 3 N–H and O–H groups in total. The van der Waals surface area contributed by atoms with Crippen LogP contribution in [0.15, 0.2) is 24.4 Å². The molecule has 0 aliphatic carbocycles. The lowest BCUT2D eigenvalue weighted by Crippen LogP contribution is -2.39. The smallest absolute Gasteiger partial charge is 0.356 e. The van der Waals surface area contributed by atoms with E-state index in [1.807, 2.05) is 0 Å². The van der Waals surface area contributed by atoms with E-state index in [9.17, 15) is 14.7 Å². The highest BCUT2D eigenvalue weighted by atomic mass is 16.4. The average Bonchev–Trinajstić information content (AvgIpc) is 2.82. The zero-order chi connectivity index (χ0) is 15.6. The number of aromatic nitrogens is 2. The van der Waals surface area contributed by atoms with Crippen LogP contribution in [0.5, 0.6) is 0 Å². The molecule has 2 aromatic heterocycles. The van der Waals surface area contributed by atoms with Crippen molar-refractivity contribution in [3.8, 4) is 0 Å². The highest BCUT2D eigenvalue weighted by Gasteiger charge is 2.28. The van der Waals surface area contributed by atoms with Gasteiger partial charge in [-0.25, -0.2) is 9.78 Å². The fraction of sp³-hybridized carbons (Fsp3) is 0.357. The molecule has 0 saturated carbocycles. The molecule has 0 atom stereocenters. The molecular weight excluding hydrogens is 272 g/mol. The van der Waals surface area contributed by atoms with Crippen LogP contribution in [0.2, 0.25) is 0 Å². The minimum absolute atomic E-state index is 0.0540. The standard InChI is InChI=1S/C14H18N4O3/c1-14(2,13(21)15-3)8-16-11-10(12(19)20)18-7-5-4-6-9(18)17-11/h4-7,16H,8H2,1-3H3,(H,15,21)(H,19,20). The maximum absolute atomic E-state index is 11.8. The van der Waals surface area contributed by atoms with Crippen LogP contribution in [0, 0.1) is 5.41 Å². The van der Waals surface area contributed by atoms with Crippen LogP contribution in [0.1, 0.15) is 24.3 Å². The van der Waals surface area contributed by atoms with Gasteiger partial charge in [-0.1, -0.05) is 6.07 Å². The molecule has 112 valence electrons. The van der Waals surface area contributed by atoms with Gasteiger partial charge in [0.25, 0.3) is 0 Å². The van der Waals surface area contributed by atoms with Crippen LogP contribution in [-0.2, 0) is 4.79 Å². The SMILES string of the molecule is CNC(=O)C(C)(C)CNc1nc2ccccn2c1C(=O)O. The molecule has 21 heavy (non-hydrogen) atoms. The van der Waals surface area contributed by atoms with Gasteiger partial charge in [-0.2, -0.15) is 0 Å². The summed E-state index contributed by atoms with van der Waals surface area (Å²) < 4.78 is 1.50. The summed E-state index contributed by atoms with van der Waals surface area (Å²) in [7, 11) is 1.57. The molecule has 7 heteroatoms. The maximum atomic E-state index is 11.8. The van der Waals surface area contributed by atoms with Crippen LogP contribution >= 0.6 is 0 Å². The third-order valence-electron chi connectivity index (χ3n) is 3.27. The van der Waals surface area contributed by atoms with Gasteiger partial charge in [0.2, 0.25) is 5.91 Å². The first-order valence-electron chi connectivity index (χ1n) is 6.53. The van der Waals surface area contributed by atoms with Crippen molar-refractivity contribution in [2.75, 3.05) is 18.9 Å². The number of nitrogens with zero attached hydrogens (tertiary/aromatic N) is 2. The summed E-state index contributed by atoms with van der Waals surface area (Å²) in [6, 6.07) is 5.24. The topological polar surface area (TPSA) is 95.7 Å². The first-order valence-corrected chi connectivity index (χ1v) is 6.53. The number of carboxylic acids is 1. The van der Waals surface area contributed by atoms with E-state index in [1.165, 1.54) is 4.40 Å². The van der Waals surface area contributed by atoms with Gasteiger partial charge in [0.05, 0.1) is 5.41 Å². The highest BCUT2D eigenvalue weighted by molar-refractivity contribution is 5.93. The molecule has 2 heterocycles. The molecule has 0 aliphatic rings. The van der Waals surface area contributed by atoms with E-state index in [4.69, 9.17) is 0 Å². The van der Waals surface area contributed by atoms with E-state index in [-0.39, 0.29) is 24.0 Å². The van der Waals surface area contributed by atoms with Crippen LogP contribution in [0.25, 0.3) is 5.65 Å². The van der Waals surface area contributed by atoms with Crippen molar-refractivity contribution in [3.63, 3.8) is 0 Å². The third kappa shape index (κ3) is 2.81. The lowest BCUT2D eigenvalue weighted by atomic mass is 9.92. The molecule has 0 bridgehead atoms. The number of carbonyl (C=O) groups excluding carboxylic acids is 1. The number of pyridine rings is 1. The predicted octanol–water partition coefficient (Wildman–Crippen LogP) is 1.22. The third-order valence-corrected chi connectivity index (χ3v) is 3.27. The van der Waals surface area contributed by atoms with Crippen molar-refractivity contribution in [1.82, 2.24) is 14.7 Å². The normalized spacial score (nSPS) is 11.4. The lowest BCUT2D eigenvalue weighted by Gasteiger charge is -2.22. The number of fused-ring (bicyclic) bond motifs is 1. The van der Waals surface area contributed by atoms with Crippen molar-refractivity contribution in [3.05, 3.63) is 30.1 Å². The Morgan fingerprint density at radius 1 is 1.38 bits per heavy atom. The Labute approximate surface area is 122 Å². The van der Waals surface area contributed by atoms with Gasteiger partial charge in [-0.15, -0.1) is 0 Å². The summed E-state index contributed by atoms with van der Waals surface area (Å²) in [5.74, 6) is -0.949. The molecule has 7 nitrogen and oxygen atoms in total. The Kier molecular flexibility index (Phi) is 3.84. The molecular formula is C14H18N4O3. The van der Waals surface area contributed by atoms with Gasteiger partial charge in [-0.05, 0) is 26.0 Å². The molecule has 0 aromatic carbocycles. The van der Waals surface area contributed by atoms with Crippen LogP contribution in [-0.4, -0.2) is 40.0 Å². The summed E-state index contributed by atoms with van der Waals surface area (Å²) in [4.78, 5) is 27.4. The highest BCUT2D eigenvalue weighted by Crippen LogP contribution is 2.21. The van der Waals surface area contributed by atoms with Gasteiger partial charge in [0, 0.05) is 19.8 Å². The number of carboxylic acid groups (broad SMARTS) is 1. The minimum Gasteiger partial charge on any atom is -0.476 e. The lowest BCUT2D eigenvalue weighted by molar-refractivity contribution is -0.128. The Balaban J connectivity index is 2.32. The number of hydrogen-bond acceptors (Lipinski definition) is 4. The molecule has 0 saturated heterocycles. The quantitative estimate of drug-likeness (QED) is 0.769. The summed E-state index contributed by atoms with van der Waals surface area (Å²) in [6.45, 7) is 3.82. The Hall–Kier alpha value is -2.57. The van der Waals surface area contributed by atoms with Crippen LogP contribution in [0.4, 0.5) is 5.82 Å². The molecule has 0 radical (unpaired) electrons. The van der Waals surface area contributed by atoms with Gasteiger partial charge in [0.1, 0.15) is 5.65 Å². The van der Waals surface area contributed by atoms with E-state index in [0.29, 0.717) is 5.65 Å². The second-order valence-corrected chi connectivity index (χ2v) is 5.36. The van der Waals surface area contributed by atoms with Crippen molar-refractivity contribution < 1.29 is 14.7 Å². The van der Waals surface area contributed by atoms with Gasteiger partial charge >= 0.3 is 5.97 Å². The number of carbonyl (C=O) groups is 2. The van der Waals surface area contributed by atoms with E-state index < -0.39 is 11.4 Å². The molecule has 0 fully saturated rings. The Morgan fingerprint density at radius 3 is 2.71 bits per heavy atom. The van der Waals surface area contributed by atoms with Gasteiger partial charge in [-0.3, -0.25) is 9.20 Å². The Morgan fingerprint density at radius 2 is 2.10 bits per heavy atom. The molecule has 1 amide bonds. The predicted molar refractivity (Wildman–Crippen MR) is 78.5 cm³/mol. The number of anilines is 1. The first-order chi connectivity index (χ1) is 9.86. The molecule has 0 spiro atoms.